The number of thiocarbonyl (C=S) groups is 1. The molecule has 29 heavy (non-hydrogen) atoms. The standard InChI is InChI=1S/C18H13ClN2O6S2/c1-27-14-7-2-10(9-15(14)29(24,25)26)8-13-16(22)20-18(28)21(17(13)23)12-5-3-11(19)4-6-12/h2-9H,1H3,(H,20,22,28)(H,24,25,26)/p-1/b13-8+. The van der Waals surface area contributed by atoms with Gasteiger partial charge in [0.1, 0.15) is 21.4 Å². The molecule has 2 aromatic rings. The summed E-state index contributed by atoms with van der Waals surface area (Å²) in [5.41, 5.74) is 0.225. The van der Waals surface area contributed by atoms with E-state index in [0.717, 1.165) is 17.0 Å². The first-order valence-electron chi connectivity index (χ1n) is 7.93. The Morgan fingerprint density at radius 2 is 1.83 bits per heavy atom. The SMILES string of the molecule is COc1ccc(/C=C2\C(=O)NC(=S)N(c3ccc(Cl)cc3)C2=O)cc1S(=O)(=O)[O-]. The Labute approximate surface area is 176 Å². The van der Waals surface area contributed by atoms with E-state index in [1.165, 1.54) is 19.2 Å². The van der Waals surface area contributed by atoms with Gasteiger partial charge in [0.2, 0.25) is 0 Å². The highest BCUT2D eigenvalue weighted by Crippen LogP contribution is 2.27. The minimum absolute atomic E-state index is 0.114. The van der Waals surface area contributed by atoms with E-state index >= 15 is 0 Å². The zero-order valence-corrected chi connectivity index (χ0v) is 17.1. The summed E-state index contributed by atoms with van der Waals surface area (Å²) < 4.78 is 39.2. The molecule has 1 N–H and O–H groups in total. The molecule has 1 fully saturated rings. The molecule has 0 aliphatic carbocycles. The second-order valence-electron chi connectivity index (χ2n) is 5.80. The monoisotopic (exact) mass is 451 g/mol. The van der Waals surface area contributed by atoms with E-state index in [9.17, 15) is 22.6 Å². The van der Waals surface area contributed by atoms with Crippen LogP contribution in [0.2, 0.25) is 5.02 Å². The Hall–Kier alpha value is -2.79. The van der Waals surface area contributed by atoms with Crippen molar-refractivity contribution in [1.29, 1.82) is 0 Å². The molecule has 1 aliphatic rings. The van der Waals surface area contributed by atoms with Crippen LogP contribution >= 0.6 is 23.8 Å². The average molecular weight is 452 g/mol. The number of nitrogens with zero attached hydrogens (tertiary/aromatic N) is 1. The maximum atomic E-state index is 12.9. The van der Waals surface area contributed by atoms with Gasteiger partial charge >= 0.3 is 0 Å². The molecule has 0 bridgehead atoms. The molecule has 1 heterocycles. The van der Waals surface area contributed by atoms with Gasteiger partial charge in [-0.2, -0.15) is 0 Å². The highest BCUT2D eigenvalue weighted by molar-refractivity contribution is 7.85. The molecule has 2 amide bonds. The minimum atomic E-state index is -4.84. The molecular formula is C18H12ClN2O6S2-. The summed E-state index contributed by atoms with van der Waals surface area (Å²) in [4.78, 5) is 25.7. The summed E-state index contributed by atoms with van der Waals surface area (Å²) in [5.74, 6) is -1.62. The van der Waals surface area contributed by atoms with E-state index in [4.69, 9.17) is 28.6 Å². The highest BCUT2D eigenvalue weighted by Gasteiger charge is 2.34. The van der Waals surface area contributed by atoms with Crippen molar-refractivity contribution < 1.29 is 27.3 Å². The van der Waals surface area contributed by atoms with Crippen molar-refractivity contribution in [3.8, 4) is 5.75 Å². The van der Waals surface area contributed by atoms with Crippen molar-refractivity contribution in [1.82, 2.24) is 5.32 Å². The second kappa shape index (κ2) is 7.91. The van der Waals surface area contributed by atoms with Crippen LogP contribution in [0.25, 0.3) is 6.08 Å². The number of nitrogens with one attached hydrogen (secondary N) is 1. The molecule has 2 aromatic carbocycles. The first-order chi connectivity index (χ1) is 13.6. The molecule has 1 saturated heterocycles. The van der Waals surface area contributed by atoms with Gasteiger partial charge in [-0.1, -0.05) is 17.7 Å². The van der Waals surface area contributed by atoms with E-state index in [1.54, 1.807) is 24.3 Å². The van der Waals surface area contributed by atoms with Crippen molar-refractivity contribution in [3.05, 3.63) is 58.6 Å². The molecule has 11 heteroatoms. The second-order valence-corrected chi connectivity index (χ2v) is 7.97. The minimum Gasteiger partial charge on any atom is -0.744 e. The van der Waals surface area contributed by atoms with Crippen molar-refractivity contribution in [2.75, 3.05) is 12.0 Å². The third-order valence-electron chi connectivity index (χ3n) is 3.95. The number of methoxy groups -OCH3 is 1. The van der Waals surface area contributed by atoms with E-state index < -0.39 is 26.8 Å². The van der Waals surface area contributed by atoms with Crippen molar-refractivity contribution in [2.24, 2.45) is 0 Å². The van der Waals surface area contributed by atoms with Crippen LogP contribution in [0.3, 0.4) is 0 Å². The normalized spacial score (nSPS) is 16.2. The number of ether oxygens (including phenoxy) is 1. The first kappa shape index (κ1) is 20.9. The fourth-order valence-corrected chi connectivity index (χ4v) is 3.71. The van der Waals surface area contributed by atoms with E-state index in [2.05, 4.69) is 5.32 Å². The predicted molar refractivity (Wildman–Crippen MR) is 109 cm³/mol. The number of halogens is 1. The van der Waals surface area contributed by atoms with Crippen LogP contribution in [-0.4, -0.2) is 37.0 Å². The quantitative estimate of drug-likeness (QED) is 0.327. The highest BCUT2D eigenvalue weighted by atomic mass is 35.5. The zero-order valence-electron chi connectivity index (χ0n) is 14.7. The maximum Gasteiger partial charge on any atom is 0.270 e. The number of carbonyl (C=O) groups is 2. The van der Waals surface area contributed by atoms with Gasteiger partial charge in [-0.05, 0) is 60.3 Å². The summed E-state index contributed by atoms with van der Waals surface area (Å²) in [6, 6.07) is 9.90. The van der Waals surface area contributed by atoms with Crippen LogP contribution in [0.15, 0.2) is 52.9 Å². The Kier molecular flexibility index (Phi) is 5.71. The summed E-state index contributed by atoms with van der Waals surface area (Å²) >= 11 is 10.9. The molecule has 1 aliphatic heterocycles. The van der Waals surface area contributed by atoms with Gasteiger partial charge in [0.25, 0.3) is 11.8 Å². The Morgan fingerprint density at radius 1 is 1.17 bits per heavy atom. The molecule has 3 rings (SSSR count). The third kappa shape index (κ3) is 4.30. The molecule has 0 spiro atoms. The molecule has 0 unspecified atom stereocenters. The lowest BCUT2D eigenvalue weighted by Gasteiger charge is -2.29. The fraction of sp³-hybridized carbons (Fsp3) is 0.0556. The number of hydrogen-bond donors (Lipinski definition) is 1. The Bertz CT molecular complexity index is 1160. The maximum absolute atomic E-state index is 12.9. The van der Waals surface area contributed by atoms with E-state index in [0.29, 0.717) is 10.7 Å². The summed E-state index contributed by atoms with van der Waals surface area (Å²) in [6.45, 7) is 0. The summed E-state index contributed by atoms with van der Waals surface area (Å²) in [6.07, 6.45) is 1.16. The fourth-order valence-electron chi connectivity index (χ4n) is 2.63. The Balaban J connectivity index is 2.06. The predicted octanol–water partition coefficient (Wildman–Crippen LogP) is 2.08. The topological polar surface area (TPSA) is 116 Å². The van der Waals surface area contributed by atoms with Gasteiger partial charge in [0.05, 0.1) is 17.7 Å². The van der Waals surface area contributed by atoms with Gasteiger partial charge < -0.3 is 9.29 Å². The molecule has 0 aromatic heterocycles. The van der Waals surface area contributed by atoms with Gasteiger partial charge in [-0.3, -0.25) is 19.8 Å². The first-order valence-corrected chi connectivity index (χ1v) is 10.1. The lowest BCUT2D eigenvalue weighted by molar-refractivity contribution is -0.122. The van der Waals surface area contributed by atoms with Crippen LogP contribution < -0.4 is 15.0 Å². The smallest absolute Gasteiger partial charge is 0.270 e. The lowest BCUT2D eigenvalue weighted by Crippen LogP contribution is -2.54. The molecule has 0 saturated carbocycles. The number of hydrogen-bond acceptors (Lipinski definition) is 7. The van der Waals surface area contributed by atoms with E-state index in [-0.39, 0.29) is 22.0 Å². The number of rotatable bonds is 4. The largest absolute Gasteiger partial charge is 0.744 e. The lowest BCUT2D eigenvalue weighted by atomic mass is 10.1. The number of benzene rings is 2. The average Bonchev–Trinajstić information content (AvgIpc) is 2.65. The van der Waals surface area contributed by atoms with Crippen LogP contribution in [0.4, 0.5) is 5.69 Å². The van der Waals surface area contributed by atoms with Gasteiger partial charge in [-0.15, -0.1) is 0 Å². The van der Waals surface area contributed by atoms with Crippen LogP contribution in [0, 0.1) is 0 Å². The third-order valence-corrected chi connectivity index (χ3v) is 5.35. The summed E-state index contributed by atoms with van der Waals surface area (Å²) in [5, 5.41) is 2.74. The number of amides is 2. The van der Waals surface area contributed by atoms with Crippen molar-refractivity contribution in [3.63, 3.8) is 0 Å². The number of anilines is 1. The van der Waals surface area contributed by atoms with Crippen LogP contribution in [0.1, 0.15) is 5.56 Å². The molecule has 0 atom stereocenters. The molecule has 0 radical (unpaired) electrons. The molecule has 150 valence electrons. The number of carbonyl (C=O) groups excluding carboxylic acids is 2. The van der Waals surface area contributed by atoms with Crippen LogP contribution in [-0.2, 0) is 19.7 Å². The van der Waals surface area contributed by atoms with Gasteiger partial charge in [-0.25, -0.2) is 8.42 Å². The van der Waals surface area contributed by atoms with Crippen LogP contribution in [0.5, 0.6) is 5.75 Å². The summed E-state index contributed by atoms with van der Waals surface area (Å²) in [7, 11) is -3.62. The van der Waals surface area contributed by atoms with Gasteiger partial charge in [0, 0.05) is 5.02 Å². The zero-order chi connectivity index (χ0) is 21.3. The van der Waals surface area contributed by atoms with Gasteiger partial charge in [0.15, 0.2) is 5.11 Å². The van der Waals surface area contributed by atoms with Crippen molar-refractivity contribution >= 4 is 62.6 Å². The molecule has 8 nitrogen and oxygen atoms in total. The Morgan fingerprint density at radius 3 is 2.41 bits per heavy atom. The van der Waals surface area contributed by atoms with E-state index in [1.807, 2.05) is 0 Å². The molecular weight excluding hydrogens is 440 g/mol. The van der Waals surface area contributed by atoms with Crippen molar-refractivity contribution in [2.45, 2.75) is 4.90 Å².